The summed E-state index contributed by atoms with van der Waals surface area (Å²) < 4.78 is 0. The SMILES string of the molecule is CN(C(=O)[C@@H](CC(=O)O)Cc1ccc(C#N)cc1)c1nc(-c2ccccc2Cl)cs1.CN(C(=O)[C@@H](CC(=O)O)Cc1cccc(C#N)c1)c1nc(-c2ccccc2Cl)cs1. The summed E-state index contributed by atoms with van der Waals surface area (Å²) in [7, 11) is 3.17. The Kier molecular flexibility index (Phi) is 15.7. The van der Waals surface area contributed by atoms with Crippen LogP contribution >= 0.6 is 45.9 Å². The zero-order chi connectivity index (χ0) is 43.3. The smallest absolute Gasteiger partial charge is 0.304 e. The summed E-state index contributed by atoms with van der Waals surface area (Å²) in [5.41, 5.74) is 5.33. The highest BCUT2D eigenvalue weighted by Gasteiger charge is 2.29. The maximum absolute atomic E-state index is 13.1. The quantitative estimate of drug-likeness (QED) is 0.107. The number of halogens is 2. The van der Waals surface area contributed by atoms with Gasteiger partial charge in [0.2, 0.25) is 11.8 Å². The molecule has 0 aliphatic rings. The van der Waals surface area contributed by atoms with E-state index >= 15 is 0 Å². The molecule has 16 heteroatoms. The van der Waals surface area contributed by atoms with Gasteiger partial charge in [-0.25, -0.2) is 9.97 Å². The first-order valence-corrected chi connectivity index (χ1v) is 20.7. The van der Waals surface area contributed by atoms with Gasteiger partial charge in [-0.2, -0.15) is 10.5 Å². The second-order valence-corrected chi connectivity index (χ2v) is 15.9. The molecule has 0 aliphatic heterocycles. The van der Waals surface area contributed by atoms with Crippen molar-refractivity contribution in [1.29, 1.82) is 10.5 Å². The monoisotopic (exact) mass is 878 g/mol. The van der Waals surface area contributed by atoms with Crippen molar-refractivity contribution < 1.29 is 29.4 Å². The summed E-state index contributed by atoms with van der Waals surface area (Å²) in [6.07, 6.45) is -0.147. The van der Waals surface area contributed by atoms with Crippen LogP contribution in [-0.4, -0.2) is 58.0 Å². The largest absolute Gasteiger partial charge is 0.481 e. The molecular weight excluding hydrogens is 844 g/mol. The number of nitrogens with zero attached hydrogens (tertiary/aromatic N) is 6. The highest BCUT2D eigenvalue weighted by atomic mass is 35.5. The van der Waals surface area contributed by atoms with Crippen molar-refractivity contribution in [2.24, 2.45) is 11.8 Å². The molecule has 12 nitrogen and oxygen atoms in total. The number of benzene rings is 4. The van der Waals surface area contributed by atoms with Crippen molar-refractivity contribution in [1.82, 2.24) is 9.97 Å². The van der Waals surface area contributed by atoms with E-state index in [9.17, 15) is 29.4 Å². The lowest BCUT2D eigenvalue weighted by atomic mass is 9.94. The predicted octanol–water partition coefficient (Wildman–Crippen LogP) is 9.26. The molecular formula is C44H36Cl2N6O6S2. The van der Waals surface area contributed by atoms with Crippen molar-refractivity contribution in [3.05, 3.63) is 140 Å². The van der Waals surface area contributed by atoms with Gasteiger partial charge in [-0.15, -0.1) is 22.7 Å². The van der Waals surface area contributed by atoms with Gasteiger partial charge in [-0.05, 0) is 60.4 Å². The molecule has 0 fully saturated rings. The molecule has 0 unspecified atom stereocenters. The van der Waals surface area contributed by atoms with Gasteiger partial charge in [0.05, 0.1) is 59.3 Å². The van der Waals surface area contributed by atoms with E-state index in [-0.39, 0.29) is 37.5 Å². The molecule has 2 amide bonds. The molecule has 6 aromatic rings. The number of anilines is 2. The second-order valence-electron chi connectivity index (χ2n) is 13.4. The van der Waals surface area contributed by atoms with E-state index in [4.69, 9.17) is 33.7 Å². The van der Waals surface area contributed by atoms with Crippen molar-refractivity contribution in [2.75, 3.05) is 23.9 Å². The van der Waals surface area contributed by atoms with Gasteiger partial charge < -0.3 is 10.2 Å². The molecule has 0 spiro atoms. The third-order valence-corrected chi connectivity index (χ3v) is 11.7. The number of carbonyl (C=O) groups is 4. The summed E-state index contributed by atoms with van der Waals surface area (Å²) in [5, 5.41) is 42.2. The minimum Gasteiger partial charge on any atom is -0.481 e. The molecule has 2 atom stereocenters. The lowest BCUT2D eigenvalue weighted by Crippen LogP contribution is -2.35. The predicted molar refractivity (Wildman–Crippen MR) is 233 cm³/mol. The van der Waals surface area contributed by atoms with Crippen LogP contribution in [0.3, 0.4) is 0 Å². The van der Waals surface area contributed by atoms with Crippen LogP contribution in [0.1, 0.15) is 35.1 Å². The van der Waals surface area contributed by atoms with Gasteiger partial charge in [-0.1, -0.05) is 83.9 Å². The average molecular weight is 880 g/mol. The normalized spacial score (nSPS) is 11.5. The molecule has 60 heavy (non-hydrogen) atoms. The molecule has 2 heterocycles. The fourth-order valence-corrected chi connectivity index (χ4v) is 8.18. The van der Waals surface area contributed by atoms with Crippen LogP contribution in [0.5, 0.6) is 0 Å². The first-order chi connectivity index (χ1) is 28.8. The van der Waals surface area contributed by atoms with E-state index in [1.165, 1.54) is 32.5 Å². The molecule has 0 saturated heterocycles. The minimum atomic E-state index is -1.06. The number of hydrogen-bond acceptors (Lipinski definition) is 10. The van der Waals surface area contributed by atoms with Crippen molar-refractivity contribution in [3.8, 4) is 34.7 Å². The first-order valence-electron chi connectivity index (χ1n) is 18.2. The molecule has 304 valence electrons. The summed E-state index contributed by atoms with van der Waals surface area (Å²) >= 11 is 15.0. The lowest BCUT2D eigenvalue weighted by Gasteiger charge is -2.21. The topological polar surface area (TPSA) is 189 Å². The fourth-order valence-electron chi connectivity index (χ4n) is 6.13. The Morgan fingerprint density at radius 2 is 1.08 bits per heavy atom. The van der Waals surface area contributed by atoms with Crippen LogP contribution in [0.4, 0.5) is 10.3 Å². The van der Waals surface area contributed by atoms with Gasteiger partial charge in [0.15, 0.2) is 10.3 Å². The third kappa shape index (κ3) is 11.8. The summed E-state index contributed by atoms with van der Waals surface area (Å²) in [6.45, 7) is 0. The number of rotatable bonds is 14. The van der Waals surface area contributed by atoms with E-state index in [1.807, 2.05) is 53.2 Å². The molecule has 0 radical (unpaired) electrons. The maximum Gasteiger partial charge on any atom is 0.304 e. The Labute approximate surface area is 364 Å². The molecule has 6 rings (SSSR count). The van der Waals surface area contributed by atoms with E-state index in [2.05, 4.69) is 16.0 Å². The van der Waals surface area contributed by atoms with E-state index in [1.54, 1.807) is 74.8 Å². The van der Waals surface area contributed by atoms with Crippen LogP contribution in [0.15, 0.2) is 108 Å². The molecule has 2 aromatic heterocycles. The third-order valence-electron chi connectivity index (χ3n) is 9.16. The molecule has 4 aromatic carbocycles. The van der Waals surface area contributed by atoms with Gasteiger partial charge in [0.1, 0.15) is 0 Å². The summed E-state index contributed by atoms with van der Waals surface area (Å²) in [6, 6.07) is 32.3. The fraction of sp³-hybridized carbons (Fsp3) is 0.182. The molecule has 0 saturated carbocycles. The van der Waals surface area contributed by atoms with Crippen molar-refractivity contribution >= 4 is 79.9 Å². The Morgan fingerprint density at radius 3 is 1.52 bits per heavy atom. The number of carboxylic acid groups (broad SMARTS) is 2. The number of thiazole rings is 2. The van der Waals surface area contributed by atoms with Crippen LogP contribution in [0.2, 0.25) is 10.0 Å². The van der Waals surface area contributed by atoms with Gasteiger partial charge in [-0.3, -0.25) is 29.0 Å². The highest BCUT2D eigenvalue weighted by Crippen LogP contribution is 2.34. The lowest BCUT2D eigenvalue weighted by molar-refractivity contribution is -0.141. The second kappa shape index (κ2) is 21.0. The minimum absolute atomic E-state index is 0.216. The standard InChI is InChI=1S/2C22H18ClN3O3S/c1-26(22-25-19(13-30-22)17-7-2-3-8-18(17)23)21(29)16(11-20(27)28)10-14-5-4-6-15(9-14)12-24;1-26(22-25-19(13-30-22)17-4-2-3-5-18(17)23)21(29)16(11-20(27)28)10-14-6-8-15(12-24)9-7-14/h2*2-9,13,16H,10-11H2,1H3,(H,27,28)/t2*16-/m11/s1. The van der Waals surface area contributed by atoms with Crippen LogP contribution < -0.4 is 9.80 Å². The van der Waals surface area contributed by atoms with Crippen LogP contribution in [0.25, 0.3) is 22.5 Å². The summed E-state index contributed by atoms with van der Waals surface area (Å²) in [4.78, 5) is 60.7. The van der Waals surface area contributed by atoms with E-state index < -0.39 is 23.8 Å². The molecule has 2 N–H and O–H groups in total. The number of amides is 2. The van der Waals surface area contributed by atoms with E-state index in [0.717, 1.165) is 22.3 Å². The number of nitriles is 2. The Hall–Kier alpha value is -6.42. The van der Waals surface area contributed by atoms with E-state index in [0.29, 0.717) is 42.8 Å². The number of hydrogen-bond donors (Lipinski definition) is 2. The average Bonchev–Trinajstić information content (AvgIpc) is 3.94. The number of aliphatic carboxylic acids is 2. The Bertz CT molecular complexity index is 2580. The highest BCUT2D eigenvalue weighted by molar-refractivity contribution is 7.14. The zero-order valence-electron chi connectivity index (χ0n) is 32.2. The molecule has 0 bridgehead atoms. The Balaban J connectivity index is 0.000000228. The zero-order valence-corrected chi connectivity index (χ0v) is 35.3. The van der Waals surface area contributed by atoms with Crippen molar-refractivity contribution in [3.63, 3.8) is 0 Å². The van der Waals surface area contributed by atoms with Crippen molar-refractivity contribution in [2.45, 2.75) is 25.7 Å². The number of aromatic nitrogens is 2. The van der Waals surface area contributed by atoms with Crippen LogP contribution in [0, 0.1) is 34.5 Å². The van der Waals surface area contributed by atoms with Gasteiger partial charge in [0, 0.05) is 46.0 Å². The maximum atomic E-state index is 13.1. The number of carboxylic acids is 2. The molecule has 0 aliphatic carbocycles. The van der Waals surface area contributed by atoms with Gasteiger partial charge >= 0.3 is 11.9 Å². The number of carbonyl (C=O) groups excluding carboxylic acids is 2. The van der Waals surface area contributed by atoms with Crippen LogP contribution in [-0.2, 0) is 32.0 Å². The Morgan fingerprint density at radius 1 is 0.633 bits per heavy atom. The first kappa shape index (κ1) is 44.7. The summed E-state index contributed by atoms with van der Waals surface area (Å²) in [5.74, 6) is -4.33. The van der Waals surface area contributed by atoms with Gasteiger partial charge in [0.25, 0.3) is 0 Å².